The van der Waals surface area contributed by atoms with Gasteiger partial charge in [-0.1, -0.05) is 18.2 Å². The molecule has 0 aromatic heterocycles. The van der Waals surface area contributed by atoms with Crippen LogP contribution < -0.4 is 16.2 Å². The molecule has 1 aliphatic heterocycles. The molecule has 23 heavy (non-hydrogen) atoms. The zero-order valence-corrected chi connectivity index (χ0v) is 13.1. The largest absolute Gasteiger partial charge is 0.343 e. The first kappa shape index (κ1) is 16.9. The van der Waals surface area contributed by atoms with Gasteiger partial charge >= 0.3 is 0 Å². The maximum absolute atomic E-state index is 11.7. The van der Waals surface area contributed by atoms with Gasteiger partial charge in [0.05, 0.1) is 24.0 Å². The fourth-order valence-corrected chi connectivity index (χ4v) is 3.87. The molecule has 1 atom stereocenters. The molecule has 1 fully saturated rings. The molecule has 0 saturated carbocycles. The van der Waals surface area contributed by atoms with Crippen LogP contribution in [-0.4, -0.2) is 44.2 Å². The second-order valence-corrected chi connectivity index (χ2v) is 7.41. The van der Waals surface area contributed by atoms with Crippen molar-refractivity contribution in [3.05, 3.63) is 35.9 Å². The van der Waals surface area contributed by atoms with E-state index in [1.807, 2.05) is 0 Å². The molecular formula is C14H17N3O5S. The van der Waals surface area contributed by atoms with Crippen LogP contribution in [0.5, 0.6) is 0 Å². The van der Waals surface area contributed by atoms with Gasteiger partial charge in [-0.15, -0.1) is 0 Å². The van der Waals surface area contributed by atoms with Crippen molar-refractivity contribution in [2.24, 2.45) is 5.92 Å². The third-order valence-electron chi connectivity index (χ3n) is 3.37. The van der Waals surface area contributed by atoms with Crippen molar-refractivity contribution >= 4 is 27.6 Å². The monoisotopic (exact) mass is 339 g/mol. The summed E-state index contributed by atoms with van der Waals surface area (Å²) in [5, 5.41) is 2.41. The van der Waals surface area contributed by atoms with Gasteiger partial charge in [-0.2, -0.15) is 0 Å². The summed E-state index contributed by atoms with van der Waals surface area (Å²) in [6.45, 7) is -0.309. The summed E-state index contributed by atoms with van der Waals surface area (Å²) in [4.78, 5) is 35.0. The molecule has 9 heteroatoms. The maximum Gasteiger partial charge on any atom is 0.257 e. The Bertz CT molecular complexity index is 702. The first-order valence-electron chi connectivity index (χ1n) is 7.00. The first-order valence-corrected chi connectivity index (χ1v) is 8.82. The minimum atomic E-state index is -3.16. The SMILES string of the molecule is O=C(CNC(=O)c1ccccc1)NNC(=O)[C@@H]1CCS(=O)(=O)C1. The van der Waals surface area contributed by atoms with Gasteiger partial charge in [0.15, 0.2) is 9.84 Å². The van der Waals surface area contributed by atoms with E-state index < -0.39 is 33.5 Å². The number of hydrazine groups is 1. The average Bonchev–Trinajstić information content (AvgIpc) is 2.91. The lowest BCUT2D eigenvalue weighted by Gasteiger charge is -2.11. The number of carbonyl (C=O) groups excluding carboxylic acids is 3. The summed E-state index contributed by atoms with van der Waals surface area (Å²) >= 11 is 0. The summed E-state index contributed by atoms with van der Waals surface area (Å²) in [6, 6.07) is 8.38. The lowest BCUT2D eigenvalue weighted by Crippen LogP contribution is -2.48. The Kier molecular flexibility index (Phi) is 5.32. The summed E-state index contributed by atoms with van der Waals surface area (Å²) in [6.07, 6.45) is 0.245. The zero-order chi connectivity index (χ0) is 16.9. The van der Waals surface area contributed by atoms with Crippen LogP contribution in [0.25, 0.3) is 0 Å². The third-order valence-corrected chi connectivity index (χ3v) is 5.14. The van der Waals surface area contributed by atoms with Crippen LogP contribution in [0.15, 0.2) is 30.3 Å². The summed E-state index contributed by atoms with van der Waals surface area (Å²) < 4.78 is 22.6. The van der Waals surface area contributed by atoms with Crippen LogP contribution in [0.4, 0.5) is 0 Å². The van der Waals surface area contributed by atoms with Crippen molar-refractivity contribution in [3.63, 3.8) is 0 Å². The molecule has 1 aromatic rings. The van der Waals surface area contributed by atoms with Crippen molar-refractivity contribution in [3.8, 4) is 0 Å². The van der Waals surface area contributed by atoms with Crippen molar-refractivity contribution in [2.45, 2.75) is 6.42 Å². The number of rotatable bonds is 4. The van der Waals surface area contributed by atoms with E-state index in [1.54, 1.807) is 30.3 Å². The molecule has 1 saturated heterocycles. The highest BCUT2D eigenvalue weighted by atomic mass is 32.2. The molecule has 0 bridgehead atoms. The fourth-order valence-electron chi connectivity index (χ4n) is 2.13. The molecule has 1 heterocycles. The summed E-state index contributed by atoms with van der Waals surface area (Å²) in [5.74, 6) is -2.45. The number of carbonyl (C=O) groups is 3. The number of benzene rings is 1. The maximum atomic E-state index is 11.7. The van der Waals surface area contributed by atoms with Gasteiger partial charge in [-0.3, -0.25) is 25.2 Å². The lowest BCUT2D eigenvalue weighted by molar-refractivity contribution is -0.130. The Morgan fingerprint density at radius 3 is 2.39 bits per heavy atom. The predicted molar refractivity (Wildman–Crippen MR) is 81.8 cm³/mol. The molecule has 3 amide bonds. The second kappa shape index (κ2) is 7.23. The molecular weight excluding hydrogens is 322 g/mol. The quantitative estimate of drug-likeness (QED) is 0.608. The van der Waals surface area contributed by atoms with Crippen LogP contribution in [0.2, 0.25) is 0 Å². The van der Waals surface area contributed by atoms with E-state index >= 15 is 0 Å². The normalized spacial score (nSPS) is 18.9. The Balaban J connectivity index is 1.71. The molecule has 0 spiro atoms. The van der Waals surface area contributed by atoms with Gasteiger partial charge in [0, 0.05) is 5.56 Å². The first-order chi connectivity index (χ1) is 10.9. The molecule has 0 unspecified atom stereocenters. The van der Waals surface area contributed by atoms with Crippen LogP contribution in [0.3, 0.4) is 0 Å². The van der Waals surface area contributed by atoms with Crippen molar-refractivity contribution < 1.29 is 22.8 Å². The van der Waals surface area contributed by atoms with E-state index in [-0.39, 0.29) is 24.5 Å². The zero-order valence-electron chi connectivity index (χ0n) is 12.2. The molecule has 2 rings (SSSR count). The standard InChI is InChI=1S/C14H17N3O5S/c18-12(8-15-13(19)10-4-2-1-3-5-10)16-17-14(20)11-6-7-23(21,22)9-11/h1-5,11H,6-9H2,(H,15,19)(H,16,18)(H,17,20)/t11-/m1/s1. The van der Waals surface area contributed by atoms with Gasteiger partial charge in [0.1, 0.15) is 0 Å². The predicted octanol–water partition coefficient (Wildman–Crippen LogP) is -1.00. The number of sulfone groups is 1. The molecule has 1 aromatic carbocycles. The minimum Gasteiger partial charge on any atom is -0.343 e. The Hall–Kier alpha value is -2.42. The van der Waals surface area contributed by atoms with Crippen molar-refractivity contribution in [2.75, 3.05) is 18.1 Å². The van der Waals surface area contributed by atoms with Gasteiger partial charge in [-0.05, 0) is 18.6 Å². The van der Waals surface area contributed by atoms with Crippen LogP contribution in [-0.2, 0) is 19.4 Å². The molecule has 3 N–H and O–H groups in total. The summed E-state index contributed by atoms with van der Waals surface area (Å²) in [7, 11) is -3.16. The average molecular weight is 339 g/mol. The van der Waals surface area contributed by atoms with Gasteiger partial charge in [-0.25, -0.2) is 8.42 Å². The molecule has 124 valence electrons. The lowest BCUT2D eigenvalue weighted by atomic mass is 10.1. The Labute approximate surface area is 133 Å². The fraction of sp³-hybridized carbons (Fsp3) is 0.357. The van der Waals surface area contributed by atoms with Crippen molar-refractivity contribution in [1.82, 2.24) is 16.2 Å². The highest BCUT2D eigenvalue weighted by Crippen LogP contribution is 2.17. The van der Waals surface area contributed by atoms with Crippen LogP contribution in [0, 0.1) is 5.92 Å². The highest BCUT2D eigenvalue weighted by Gasteiger charge is 2.33. The van der Waals surface area contributed by atoms with E-state index in [2.05, 4.69) is 16.2 Å². The third kappa shape index (κ3) is 5.06. The van der Waals surface area contributed by atoms with E-state index in [0.29, 0.717) is 5.56 Å². The number of nitrogens with one attached hydrogen (secondary N) is 3. The van der Waals surface area contributed by atoms with E-state index in [1.165, 1.54) is 0 Å². The number of hydrogen-bond donors (Lipinski definition) is 3. The highest BCUT2D eigenvalue weighted by molar-refractivity contribution is 7.91. The Morgan fingerprint density at radius 1 is 1.09 bits per heavy atom. The Morgan fingerprint density at radius 2 is 1.78 bits per heavy atom. The molecule has 1 aliphatic rings. The second-order valence-electron chi connectivity index (χ2n) is 5.19. The molecule has 0 radical (unpaired) electrons. The summed E-state index contributed by atoms with van der Waals surface area (Å²) in [5.41, 5.74) is 4.73. The van der Waals surface area contributed by atoms with Crippen LogP contribution in [0.1, 0.15) is 16.8 Å². The van der Waals surface area contributed by atoms with Crippen LogP contribution >= 0.6 is 0 Å². The minimum absolute atomic E-state index is 0.0217. The van der Waals surface area contributed by atoms with Crippen molar-refractivity contribution in [1.29, 1.82) is 0 Å². The van der Waals surface area contributed by atoms with E-state index in [0.717, 1.165) is 0 Å². The number of amides is 3. The van der Waals surface area contributed by atoms with Gasteiger partial charge in [0.25, 0.3) is 11.8 Å². The smallest absolute Gasteiger partial charge is 0.257 e. The number of hydrogen-bond acceptors (Lipinski definition) is 5. The topological polar surface area (TPSA) is 121 Å². The van der Waals surface area contributed by atoms with Gasteiger partial charge < -0.3 is 5.32 Å². The van der Waals surface area contributed by atoms with E-state index in [9.17, 15) is 22.8 Å². The van der Waals surface area contributed by atoms with Gasteiger partial charge in [0.2, 0.25) is 5.91 Å². The molecule has 0 aliphatic carbocycles. The van der Waals surface area contributed by atoms with E-state index in [4.69, 9.17) is 0 Å². The molecule has 8 nitrogen and oxygen atoms in total.